The summed E-state index contributed by atoms with van der Waals surface area (Å²) in [6.07, 6.45) is 9.85. The first-order chi connectivity index (χ1) is 6.06. The van der Waals surface area contributed by atoms with Gasteiger partial charge in [-0.3, -0.25) is 0 Å². The third-order valence-electron chi connectivity index (χ3n) is 1.42. The maximum Gasteiger partial charge on any atom is 0.0230 e. The second-order valence-corrected chi connectivity index (χ2v) is 2.51. The van der Waals surface area contributed by atoms with Crippen molar-refractivity contribution in [1.29, 1.82) is 0 Å². The summed E-state index contributed by atoms with van der Waals surface area (Å²) in [7, 11) is 0. The zero-order chi connectivity index (χ0) is 10.2. The average Bonchev–Trinajstić information content (AvgIpc) is 2.01. The summed E-state index contributed by atoms with van der Waals surface area (Å²) in [5, 5.41) is 0. The summed E-state index contributed by atoms with van der Waals surface area (Å²) in [5.41, 5.74) is 0. The van der Waals surface area contributed by atoms with Crippen molar-refractivity contribution in [3.63, 3.8) is 0 Å². The molecule has 0 N–H and O–H groups in total. The van der Waals surface area contributed by atoms with Gasteiger partial charge >= 0.3 is 0 Å². The molecule has 0 aromatic heterocycles. The van der Waals surface area contributed by atoms with Gasteiger partial charge in [0.05, 0.1) is 0 Å². The van der Waals surface area contributed by atoms with Gasteiger partial charge in [-0.05, 0) is 19.3 Å². The molecule has 0 bridgehead atoms. The van der Waals surface area contributed by atoms with Crippen LogP contribution in [-0.2, 0) is 0 Å². The molecule has 0 aliphatic carbocycles. The highest BCUT2D eigenvalue weighted by Crippen LogP contribution is 2.00. The maximum atomic E-state index is 6.99. The minimum absolute atomic E-state index is 0.356. The van der Waals surface area contributed by atoms with Crippen LogP contribution in [0.1, 0.15) is 56.4 Å². The molecule has 60 valence electrons. The molecular formula is C10H20. The molecule has 0 atom stereocenters. The third kappa shape index (κ3) is 7.74. The fraction of sp³-hybridized carbons (Fsp3) is 0.800. The summed E-state index contributed by atoms with van der Waals surface area (Å²) in [6, 6.07) is 0. The maximum absolute atomic E-state index is 6.99. The van der Waals surface area contributed by atoms with Gasteiger partial charge in [-0.1, -0.05) is 45.2 Å². The minimum Gasteiger partial charge on any atom is -0.0885 e. The first-order valence-corrected chi connectivity index (χ1v) is 4.21. The van der Waals surface area contributed by atoms with E-state index in [1.165, 1.54) is 6.42 Å². The molecule has 0 aromatic rings. The summed E-state index contributed by atoms with van der Waals surface area (Å²) in [6.45, 7) is 0.423. The van der Waals surface area contributed by atoms with Gasteiger partial charge in [0.25, 0.3) is 0 Å². The van der Waals surface area contributed by atoms with Crippen LogP contribution in [0.3, 0.4) is 0 Å². The average molecular weight is 143 g/mol. The first-order valence-electron chi connectivity index (χ1n) is 5.71. The molecule has 0 rings (SSSR count). The Morgan fingerprint density at radius 3 is 2.60 bits per heavy atom. The van der Waals surface area contributed by atoms with Gasteiger partial charge in [-0.15, -0.1) is 0 Å². The Balaban J connectivity index is 3.17. The van der Waals surface area contributed by atoms with Gasteiger partial charge < -0.3 is 0 Å². The lowest BCUT2D eigenvalue weighted by Gasteiger charge is -1.90. The van der Waals surface area contributed by atoms with Crippen molar-refractivity contribution in [3.8, 4) is 0 Å². The SMILES string of the molecule is [2H]C([2H])([2H])CCCC/C=C\CCC. The zero-order valence-corrected chi connectivity index (χ0v) is 6.90. The van der Waals surface area contributed by atoms with Crippen LogP contribution in [-0.4, -0.2) is 0 Å². The van der Waals surface area contributed by atoms with E-state index in [1.807, 2.05) is 0 Å². The highest BCUT2D eigenvalue weighted by molar-refractivity contribution is 4.80. The molecule has 0 aliphatic rings. The number of rotatable bonds is 6. The summed E-state index contributed by atoms with van der Waals surface area (Å²) in [4.78, 5) is 0. The van der Waals surface area contributed by atoms with Gasteiger partial charge in [0.2, 0.25) is 0 Å². The van der Waals surface area contributed by atoms with Crippen molar-refractivity contribution in [2.75, 3.05) is 0 Å². The largest absolute Gasteiger partial charge is 0.0885 e. The fourth-order valence-corrected chi connectivity index (χ4v) is 0.790. The van der Waals surface area contributed by atoms with Crippen molar-refractivity contribution in [3.05, 3.63) is 12.2 Å². The van der Waals surface area contributed by atoms with Crippen molar-refractivity contribution >= 4 is 0 Å². The van der Waals surface area contributed by atoms with Crippen molar-refractivity contribution < 1.29 is 4.11 Å². The molecule has 0 heteroatoms. The lowest BCUT2D eigenvalue weighted by molar-refractivity contribution is 0.727. The van der Waals surface area contributed by atoms with Gasteiger partial charge in [0, 0.05) is 4.11 Å². The van der Waals surface area contributed by atoms with Crippen LogP contribution in [0.5, 0.6) is 0 Å². The fourth-order valence-electron chi connectivity index (χ4n) is 0.790. The highest BCUT2D eigenvalue weighted by Gasteiger charge is 1.80. The standard InChI is InChI=1S/C10H20/c1-3-5-7-9-10-8-6-4-2/h7,9H,3-6,8,10H2,1-2H3/b9-7-/i2D3. The Morgan fingerprint density at radius 2 is 1.90 bits per heavy atom. The smallest absolute Gasteiger partial charge is 0.0230 e. The molecule has 0 aromatic carbocycles. The number of hydrogen-bond donors (Lipinski definition) is 0. The predicted molar refractivity (Wildman–Crippen MR) is 48.2 cm³/mol. The van der Waals surface area contributed by atoms with E-state index in [1.54, 1.807) is 0 Å². The van der Waals surface area contributed by atoms with E-state index < -0.39 is 6.85 Å². The Hall–Kier alpha value is -0.260. The second kappa shape index (κ2) is 8.74. The highest BCUT2D eigenvalue weighted by atomic mass is 13.9. The molecule has 0 radical (unpaired) electrons. The van der Waals surface area contributed by atoms with Crippen LogP contribution in [0.2, 0.25) is 0 Å². The Morgan fingerprint density at radius 1 is 1.10 bits per heavy atom. The molecule has 0 spiro atoms. The lowest BCUT2D eigenvalue weighted by atomic mass is 10.2. The van der Waals surface area contributed by atoms with Gasteiger partial charge in [-0.2, -0.15) is 0 Å². The predicted octanol–water partition coefficient (Wildman–Crippen LogP) is 3.92. The van der Waals surface area contributed by atoms with Crippen molar-refractivity contribution in [2.45, 2.75) is 52.3 Å². The molecule has 0 heterocycles. The molecule has 0 nitrogen and oxygen atoms in total. The van der Waals surface area contributed by atoms with Crippen LogP contribution in [0.25, 0.3) is 0 Å². The molecule has 0 saturated heterocycles. The summed E-state index contributed by atoms with van der Waals surface area (Å²) in [5.74, 6) is 0. The van der Waals surface area contributed by atoms with Crippen LogP contribution in [0.15, 0.2) is 12.2 Å². The number of allylic oxidation sites excluding steroid dienone is 2. The number of hydrogen-bond acceptors (Lipinski definition) is 0. The normalized spacial score (nSPS) is 16.7. The van der Waals surface area contributed by atoms with E-state index in [0.29, 0.717) is 6.42 Å². The molecule has 0 saturated carbocycles. The Labute approximate surface area is 69.5 Å². The van der Waals surface area contributed by atoms with E-state index in [-0.39, 0.29) is 0 Å². The third-order valence-corrected chi connectivity index (χ3v) is 1.42. The van der Waals surface area contributed by atoms with Crippen molar-refractivity contribution in [2.24, 2.45) is 0 Å². The van der Waals surface area contributed by atoms with Gasteiger partial charge in [0.1, 0.15) is 0 Å². The van der Waals surface area contributed by atoms with E-state index in [9.17, 15) is 0 Å². The molecule has 0 amide bonds. The van der Waals surface area contributed by atoms with E-state index in [0.717, 1.165) is 25.7 Å². The van der Waals surface area contributed by atoms with Crippen LogP contribution < -0.4 is 0 Å². The molecule has 10 heavy (non-hydrogen) atoms. The van der Waals surface area contributed by atoms with Crippen molar-refractivity contribution in [1.82, 2.24) is 0 Å². The lowest BCUT2D eigenvalue weighted by Crippen LogP contribution is -1.70. The van der Waals surface area contributed by atoms with Gasteiger partial charge in [-0.25, -0.2) is 0 Å². The summed E-state index contributed by atoms with van der Waals surface area (Å²) < 4.78 is 21.0. The minimum atomic E-state index is -1.73. The molecule has 0 fully saturated rings. The number of unbranched alkanes of at least 4 members (excludes halogenated alkanes) is 3. The summed E-state index contributed by atoms with van der Waals surface area (Å²) >= 11 is 0. The molecule has 0 aliphatic heterocycles. The molecule has 0 unspecified atom stereocenters. The van der Waals surface area contributed by atoms with Crippen LogP contribution in [0.4, 0.5) is 0 Å². The second-order valence-electron chi connectivity index (χ2n) is 2.51. The molecular weight excluding hydrogens is 120 g/mol. The quantitative estimate of drug-likeness (QED) is 0.390. The topological polar surface area (TPSA) is 0 Å². The zero-order valence-electron chi connectivity index (χ0n) is 9.90. The first kappa shape index (κ1) is 5.40. The monoisotopic (exact) mass is 143 g/mol. The van der Waals surface area contributed by atoms with Gasteiger partial charge in [0.15, 0.2) is 0 Å². The van der Waals surface area contributed by atoms with E-state index in [2.05, 4.69) is 19.1 Å². The Kier molecular flexibility index (Phi) is 4.72. The van der Waals surface area contributed by atoms with E-state index in [4.69, 9.17) is 4.11 Å². The van der Waals surface area contributed by atoms with E-state index >= 15 is 0 Å². The Bertz CT molecular complexity index is 136. The van der Waals surface area contributed by atoms with Crippen LogP contribution in [0, 0.1) is 0 Å². The van der Waals surface area contributed by atoms with Crippen LogP contribution >= 0.6 is 0 Å².